The molecule has 2 nitrogen and oxygen atoms in total. The van der Waals surface area contributed by atoms with Gasteiger partial charge in [-0.1, -0.05) is 54.2 Å². The Morgan fingerprint density at radius 1 is 0.789 bits per heavy atom. The second kappa shape index (κ2) is 4.67. The van der Waals surface area contributed by atoms with Gasteiger partial charge in [0.15, 0.2) is 0 Å². The molecule has 4 rings (SSSR count). The van der Waals surface area contributed by atoms with E-state index in [1.807, 2.05) is 48.5 Å². The van der Waals surface area contributed by atoms with E-state index in [0.29, 0.717) is 0 Å². The number of benzene rings is 2. The van der Waals surface area contributed by atoms with Crippen molar-refractivity contribution in [2.45, 2.75) is 0 Å². The van der Waals surface area contributed by atoms with Crippen LogP contribution in [0.15, 0.2) is 65.1 Å². The summed E-state index contributed by atoms with van der Waals surface area (Å²) in [7, 11) is 0. The third-order valence-corrected chi connectivity index (χ3v) is 3.15. The smallest absolute Gasteiger partial charge is 0.134 e. The minimum absolute atomic E-state index is 0. The van der Waals surface area contributed by atoms with Gasteiger partial charge in [-0.25, -0.2) is 0 Å². The first-order valence-corrected chi connectivity index (χ1v) is 5.91. The molecule has 0 spiro atoms. The molecule has 4 aromatic rings. The second-order valence-corrected chi connectivity index (χ2v) is 4.35. The standard InChI is InChI=1S/C16H10NO.Zn/c1-3-7-13-11(5-1)9-14(17-13)16-10-12-6-2-4-8-15(12)18-16;/h1-10H;/q-1;. The van der Waals surface area contributed by atoms with Gasteiger partial charge in [-0.3, -0.25) is 0 Å². The molecule has 0 saturated heterocycles. The quantitative estimate of drug-likeness (QED) is 0.492. The van der Waals surface area contributed by atoms with Crippen LogP contribution in [0.5, 0.6) is 0 Å². The van der Waals surface area contributed by atoms with Gasteiger partial charge in [0.25, 0.3) is 0 Å². The molecule has 2 aromatic carbocycles. The molecule has 3 heteroatoms. The van der Waals surface area contributed by atoms with Gasteiger partial charge < -0.3 is 9.40 Å². The zero-order chi connectivity index (χ0) is 11.9. The first-order valence-electron chi connectivity index (χ1n) is 5.91. The fourth-order valence-corrected chi connectivity index (χ4v) is 2.26. The molecule has 0 saturated carbocycles. The normalized spacial score (nSPS) is 10.7. The van der Waals surface area contributed by atoms with Crippen molar-refractivity contribution in [3.63, 3.8) is 0 Å². The summed E-state index contributed by atoms with van der Waals surface area (Å²) in [5.41, 5.74) is 2.81. The van der Waals surface area contributed by atoms with E-state index in [0.717, 1.165) is 33.3 Å². The molecule has 0 bridgehead atoms. The second-order valence-electron chi connectivity index (χ2n) is 4.35. The summed E-state index contributed by atoms with van der Waals surface area (Å²) in [6, 6.07) is 20.2. The number of nitrogens with zero attached hydrogens (tertiary/aromatic N) is 1. The van der Waals surface area contributed by atoms with Gasteiger partial charge in [-0.15, -0.1) is 5.52 Å². The van der Waals surface area contributed by atoms with E-state index in [4.69, 9.17) is 4.42 Å². The van der Waals surface area contributed by atoms with E-state index in [2.05, 4.69) is 17.1 Å². The predicted molar refractivity (Wildman–Crippen MR) is 72.5 cm³/mol. The topological polar surface area (TPSA) is 27.2 Å². The molecule has 0 aliphatic heterocycles. The summed E-state index contributed by atoms with van der Waals surface area (Å²) in [4.78, 5) is 4.58. The molecule has 0 fully saturated rings. The molecular formula is C16H10NOZn-. The zero-order valence-corrected chi connectivity index (χ0v) is 13.3. The van der Waals surface area contributed by atoms with Crippen molar-refractivity contribution >= 4 is 21.9 Å². The number of para-hydroxylation sites is 2. The minimum atomic E-state index is 0. The largest absolute Gasteiger partial charge is 0.654 e. The van der Waals surface area contributed by atoms with E-state index in [9.17, 15) is 0 Å². The molecule has 0 aliphatic rings. The summed E-state index contributed by atoms with van der Waals surface area (Å²) in [5, 5.41) is 2.26. The van der Waals surface area contributed by atoms with E-state index in [-0.39, 0.29) is 19.5 Å². The third-order valence-electron chi connectivity index (χ3n) is 3.15. The van der Waals surface area contributed by atoms with Gasteiger partial charge in [0.2, 0.25) is 0 Å². The van der Waals surface area contributed by atoms with Crippen molar-refractivity contribution in [1.29, 1.82) is 0 Å². The van der Waals surface area contributed by atoms with Crippen LogP contribution < -0.4 is 4.98 Å². The van der Waals surface area contributed by atoms with Crippen molar-refractivity contribution in [3.8, 4) is 11.5 Å². The van der Waals surface area contributed by atoms with E-state index >= 15 is 0 Å². The van der Waals surface area contributed by atoms with Crippen molar-refractivity contribution in [2.75, 3.05) is 0 Å². The van der Waals surface area contributed by atoms with Crippen LogP contribution in [-0.4, -0.2) is 0 Å². The van der Waals surface area contributed by atoms with Crippen molar-refractivity contribution in [2.24, 2.45) is 0 Å². The van der Waals surface area contributed by atoms with Crippen LogP contribution in [0.25, 0.3) is 33.3 Å². The van der Waals surface area contributed by atoms with Gasteiger partial charge >= 0.3 is 0 Å². The Kier molecular flexibility index (Phi) is 3.00. The summed E-state index contributed by atoms with van der Waals surface area (Å²) in [6.07, 6.45) is 0. The number of furan rings is 1. The molecule has 0 atom stereocenters. The maximum absolute atomic E-state index is 5.82. The van der Waals surface area contributed by atoms with Crippen LogP contribution in [0.1, 0.15) is 0 Å². The molecule has 0 aliphatic carbocycles. The Morgan fingerprint density at radius 2 is 1.53 bits per heavy atom. The summed E-state index contributed by atoms with van der Waals surface area (Å²) < 4.78 is 5.82. The average Bonchev–Trinajstić information content (AvgIpc) is 3.02. The molecule has 19 heavy (non-hydrogen) atoms. The number of hydrogen-bond acceptors (Lipinski definition) is 1. The van der Waals surface area contributed by atoms with E-state index in [1.54, 1.807) is 0 Å². The van der Waals surface area contributed by atoms with Gasteiger partial charge in [-0.05, 0) is 17.5 Å². The van der Waals surface area contributed by atoms with E-state index in [1.165, 1.54) is 0 Å². The maximum Gasteiger partial charge on any atom is 0.134 e. The van der Waals surface area contributed by atoms with Crippen molar-refractivity contribution < 1.29 is 23.9 Å². The summed E-state index contributed by atoms with van der Waals surface area (Å²) >= 11 is 0. The summed E-state index contributed by atoms with van der Waals surface area (Å²) in [6.45, 7) is 0. The molecule has 0 N–H and O–H groups in total. The molecule has 2 aromatic heterocycles. The molecule has 0 amide bonds. The van der Waals surface area contributed by atoms with Crippen molar-refractivity contribution in [1.82, 2.24) is 4.98 Å². The number of hydrogen-bond donors (Lipinski definition) is 0. The Morgan fingerprint density at radius 3 is 2.32 bits per heavy atom. The van der Waals surface area contributed by atoms with Crippen LogP contribution in [0.4, 0.5) is 0 Å². The molecule has 2 heterocycles. The average molecular weight is 298 g/mol. The van der Waals surface area contributed by atoms with Crippen molar-refractivity contribution in [3.05, 3.63) is 60.7 Å². The molecule has 0 unspecified atom stereocenters. The minimum Gasteiger partial charge on any atom is -0.654 e. The van der Waals surface area contributed by atoms with Crippen LogP contribution in [0.2, 0.25) is 0 Å². The molecule has 0 radical (unpaired) electrons. The summed E-state index contributed by atoms with van der Waals surface area (Å²) in [5.74, 6) is 0.826. The Labute approximate surface area is 123 Å². The van der Waals surface area contributed by atoms with Gasteiger partial charge in [0.05, 0.1) is 0 Å². The van der Waals surface area contributed by atoms with Crippen LogP contribution >= 0.6 is 0 Å². The van der Waals surface area contributed by atoms with Crippen LogP contribution in [-0.2, 0) is 19.5 Å². The molecular weight excluding hydrogens is 288 g/mol. The number of aromatic nitrogens is 1. The Balaban J connectivity index is 0.00000110. The van der Waals surface area contributed by atoms with Crippen LogP contribution in [0.3, 0.4) is 0 Å². The predicted octanol–water partition coefficient (Wildman–Crippen LogP) is 4.21. The maximum atomic E-state index is 5.82. The molecule has 88 valence electrons. The fourth-order valence-electron chi connectivity index (χ4n) is 2.26. The van der Waals surface area contributed by atoms with Crippen LogP contribution in [0, 0.1) is 0 Å². The third kappa shape index (κ3) is 2.00. The van der Waals surface area contributed by atoms with Gasteiger partial charge in [0.1, 0.15) is 11.3 Å². The SMILES string of the molecule is [Zn].c1ccc2[n-]c(-c3cc4ccccc4o3)cc2c1. The first-order chi connectivity index (χ1) is 8.90. The Hall–Kier alpha value is -1.86. The number of fused-ring (bicyclic) bond motifs is 2. The van der Waals surface area contributed by atoms with Gasteiger partial charge in [0, 0.05) is 24.9 Å². The van der Waals surface area contributed by atoms with Gasteiger partial charge in [-0.2, -0.15) is 0 Å². The zero-order valence-electron chi connectivity index (χ0n) is 10.3. The van der Waals surface area contributed by atoms with E-state index < -0.39 is 0 Å². The monoisotopic (exact) mass is 296 g/mol. The Bertz CT molecular complexity index is 706. The first kappa shape index (κ1) is 12.2. The number of rotatable bonds is 1. The fraction of sp³-hybridized carbons (Fsp3) is 0.